The lowest BCUT2D eigenvalue weighted by molar-refractivity contribution is -0.121. The number of carbonyl (C=O) groups is 2. The topological polar surface area (TPSA) is 49.4 Å². The van der Waals surface area contributed by atoms with E-state index in [2.05, 4.69) is 5.32 Å². The second-order valence-corrected chi connectivity index (χ2v) is 6.46. The molecular weight excluding hydrogens is 300 g/mol. The van der Waals surface area contributed by atoms with Gasteiger partial charge < -0.3 is 5.32 Å². The minimum absolute atomic E-state index is 0.153. The molecule has 124 valence electrons. The van der Waals surface area contributed by atoms with Crippen molar-refractivity contribution in [3.05, 3.63) is 58.7 Å². The zero-order chi connectivity index (χ0) is 17.4. The molecule has 2 aromatic rings. The molecule has 0 spiro atoms. The van der Waals surface area contributed by atoms with Crippen LogP contribution in [0.3, 0.4) is 0 Å². The van der Waals surface area contributed by atoms with Crippen LogP contribution in [0.4, 0.5) is 11.4 Å². The van der Waals surface area contributed by atoms with Crippen molar-refractivity contribution in [3.63, 3.8) is 0 Å². The van der Waals surface area contributed by atoms with Crippen LogP contribution in [0.1, 0.15) is 28.7 Å². The number of benzene rings is 2. The van der Waals surface area contributed by atoms with Crippen molar-refractivity contribution in [2.24, 2.45) is 0 Å². The monoisotopic (exact) mass is 322 g/mol. The fraction of sp³-hybridized carbons (Fsp3) is 0.300. The highest BCUT2D eigenvalue weighted by Gasteiger charge is 2.40. The van der Waals surface area contributed by atoms with E-state index in [0.717, 1.165) is 33.6 Å². The van der Waals surface area contributed by atoms with Gasteiger partial charge in [0.25, 0.3) is 5.91 Å². The summed E-state index contributed by atoms with van der Waals surface area (Å²) in [6.45, 7) is 7.90. The normalized spacial score (nSPS) is 17.5. The second-order valence-electron chi connectivity index (χ2n) is 6.46. The number of amides is 2. The number of carbonyl (C=O) groups excluding carboxylic acids is 2. The first-order chi connectivity index (χ1) is 11.4. The van der Waals surface area contributed by atoms with Gasteiger partial charge >= 0.3 is 0 Å². The predicted molar refractivity (Wildman–Crippen MR) is 96.4 cm³/mol. The number of hydrogen-bond donors (Lipinski definition) is 1. The van der Waals surface area contributed by atoms with Gasteiger partial charge in [-0.15, -0.1) is 0 Å². The SMILES string of the molecule is Cc1cccc(NC2CC(=O)N(c3c(C)cccc3C)C2=O)c1C. The third-order valence-corrected chi connectivity index (χ3v) is 4.74. The molecule has 2 aromatic carbocycles. The largest absolute Gasteiger partial charge is 0.373 e. The number of nitrogens with one attached hydrogen (secondary N) is 1. The molecule has 4 nitrogen and oxygen atoms in total. The van der Waals surface area contributed by atoms with E-state index < -0.39 is 6.04 Å². The molecule has 0 aromatic heterocycles. The molecule has 1 aliphatic rings. The van der Waals surface area contributed by atoms with Crippen LogP contribution in [-0.2, 0) is 9.59 Å². The Kier molecular flexibility index (Phi) is 4.14. The quantitative estimate of drug-likeness (QED) is 0.877. The van der Waals surface area contributed by atoms with E-state index in [1.54, 1.807) is 0 Å². The Bertz CT molecular complexity index is 806. The predicted octanol–water partition coefficient (Wildman–Crippen LogP) is 3.66. The first-order valence-electron chi connectivity index (χ1n) is 8.16. The minimum atomic E-state index is -0.517. The Labute approximate surface area is 142 Å². The van der Waals surface area contributed by atoms with E-state index in [0.29, 0.717) is 0 Å². The lowest BCUT2D eigenvalue weighted by Crippen LogP contribution is -2.35. The van der Waals surface area contributed by atoms with E-state index in [4.69, 9.17) is 0 Å². The van der Waals surface area contributed by atoms with Crippen molar-refractivity contribution >= 4 is 23.2 Å². The molecule has 0 bridgehead atoms. The average Bonchev–Trinajstić information content (AvgIpc) is 2.79. The highest BCUT2D eigenvalue weighted by Crippen LogP contribution is 2.31. The summed E-state index contributed by atoms with van der Waals surface area (Å²) < 4.78 is 0. The van der Waals surface area contributed by atoms with E-state index in [-0.39, 0.29) is 18.2 Å². The Morgan fingerprint density at radius 1 is 0.917 bits per heavy atom. The van der Waals surface area contributed by atoms with Gasteiger partial charge in [0, 0.05) is 5.69 Å². The zero-order valence-corrected chi connectivity index (χ0v) is 14.5. The van der Waals surface area contributed by atoms with Crippen molar-refractivity contribution < 1.29 is 9.59 Å². The number of anilines is 2. The summed E-state index contributed by atoms with van der Waals surface area (Å²) in [5.74, 6) is -0.335. The van der Waals surface area contributed by atoms with Crippen LogP contribution in [-0.4, -0.2) is 17.9 Å². The summed E-state index contributed by atoms with van der Waals surface area (Å²) in [4.78, 5) is 26.7. The Morgan fingerprint density at radius 3 is 2.17 bits per heavy atom. The first kappa shape index (κ1) is 16.2. The molecule has 24 heavy (non-hydrogen) atoms. The summed E-state index contributed by atoms with van der Waals surface area (Å²) >= 11 is 0. The van der Waals surface area contributed by atoms with E-state index >= 15 is 0 Å². The molecule has 1 heterocycles. The summed E-state index contributed by atoms with van der Waals surface area (Å²) in [6.07, 6.45) is 0.181. The van der Waals surface area contributed by atoms with Crippen LogP contribution in [0.25, 0.3) is 0 Å². The molecule has 1 N–H and O–H groups in total. The minimum Gasteiger partial charge on any atom is -0.373 e. The first-order valence-corrected chi connectivity index (χ1v) is 8.16. The average molecular weight is 322 g/mol. The van der Waals surface area contributed by atoms with Crippen LogP contribution >= 0.6 is 0 Å². The standard InChI is InChI=1S/C20H22N2O2/c1-12-7-6-10-16(15(12)4)21-17-11-18(23)22(20(17)24)19-13(2)8-5-9-14(19)3/h5-10,17,21H,11H2,1-4H3. The van der Waals surface area contributed by atoms with E-state index in [1.165, 1.54) is 4.90 Å². The molecule has 1 fully saturated rings. The number of rotatable bonds is 3. The van der Waals surface area contributed by atoms with Crippen LogP contribution in [0.2, 0.25) is 0 Å². The van der Waals surface area contributed by atoms with Gasteiger partial charge in [-0.05, 0) is 56.0 Å². The zero-order valence-electron chi connectivity index (χ0n) is 14.5. The maximum absolute atomic E-state index is 12.9. The smallest absolute Gasteiger partial charge is 0.256 e. The van der Waals surface area contributed by atoms with Gasteiger partial charge in [0.05, 0.1) is 12.1 Å². The van der Waals surface area contributed by atoms with E-state index in [9.17, 15) is 9.59 Å². The second kappa shape index (κ2) is 6.11. The molecule has 0 saturated carbocycles. The molecule has 1 saturated heterocycles. The molecule has 0 radical (unpaired) electrons. The lowest BCUT2D eigenvalue weighted by Gasteiger charge is -2.20. The van der Waals surface area contributed by atoms with Gasteiger partial charge in [0.1, 0.15) is 6.04 Å². The summed E-state index contributed by atoms with van der Waals surface area (Å²) in [5.41, 5.74) is 5.75. The lowest BCUT2D eigenvalue weighted by atomic mass is 10.1. The fourth-order valence-electron chi connectivity index (χ4n) is 3.23. The van der Waals surface area contributed by atoms with Gasteiger partial charge in [-0.25, -0.2) is 4.90 Å². The summed E-state index contributed by atoms with van der Waals surface area (Å²) in [6, 6.07) is 11.2. The Morgan fingerprint density at radius 2 is 1.50 bits per heavy atom. The summed E-state index contributed by atoms with van der Waals surface area (Å²) in [5, 5.41) is 3.26. The van der Waals surface area contributed by atoms with Crippen LogP contribution in [0.15, 0.2) is 36.4 Å². The van der Waals surface area contributed by atoms with Crippen molar-refractivity contribution in [1.29, 1.82) is 0 Å². The van der Waals surface area contributed by atoms with Crippen molar-refractivity contribution in [3.8, 4) is 0 Å². The molecule has 2 amide bonds. The maximum atomic E-state index is 12.9. The maximum Gasteiger partial charge on any atom is 0.256 e. The van der Waals surface area contributed by atoms with Crippen LogP contribution in [0, 0.1) is 27.7 Å². The molecule has 1 unspecified atom stereocenters. The summed E-state index contributed by atoms with van der Waals surface area (Å²) in [7, 11) is 0. The van der Waals surface area contributed by atoms with E-state index in [1.807, 2.05) is 64.1 Å². The Hall–Kier alpha value is -2.62. The van der Waals surface area contributed by atoms with Gasteiger partial charge in [0.2, 0.25) is 5.91 Å². The van der Waals surface area contributed by atoms with Crippen molar-refractivity contribution in [1.82, 2.24) is 0 Å². The highest BCUT2D eigenvalue weighted by atomic mass is 16.2. The van der Waals surface area contributed by atoms with Gasteiger partial charge in [-0.3, -0.25) is 9.59 Å². The number of nitrogens with zero attached hydrogens (tertiary/aromatic N) is 1. The molecule has 4 heteroatoms. The van der Waals surface area contributed by atoms with Crippen LogP contribution in [0.5, 0.6) is 0 Å². The number of para-hydroxylation sites is 1. The molecule has 3 rings (SSSR count). The third-order valence-electron chi connectivity index (χ3n) is 4.74. The van der Waals surface area contributed by atoms with Crippen LogP contribution < -0.4 is 10.2 Å². The van der Waals surface area contributed by atoms with Crippen molar-refractivity contribution in [2.75, 3.05) is 10.2 Å². The van der Waals surface area contributed by atoms with Gasteiger partial charge in [-0.2, -0.15) is 0 Å². The molecule has 1 atom stereocenters. The molecule has 0 aliphatic carbocycles. The molecular formula is C20H22N2O2. The van der Waals surface area contributed by atoms with Gasteiger partial charge in [0.15, 0.2) is 0 Å². The molecule has 1 aliphatic heterocycles. The van der Waals surface area contributed by atoms with Gasteiger partial charge in [-0.1, -0.05) is 30.3 Å². The van der Waals surface area contributed by atoms with Crippen molar-refractivity contribution in [2.45, 2.75) is 40.2 Å². The highest BCUT2D eigenvalue weighted by molar-refractivity contribution is 6.23. The third kappa shape index (κ3) is 2.68. The number of imide groups is 1. The number of hydrogen-bond acceptors (Lipinski definition) is 3. The fourth-order valence-corrected chi connectivity index (χ4v) is 3.23. The Balaban J connectivity index is 1.91. The number of aryl methyl sites for hydroxylation is 3.